The van der Waals surface area contributed by atoms with E-state index in [1.165, 1.54) is 10.3 Å². The third-order valence-electron chi connectivity index (χ3n) is 3.45. The zero-order chi connectivity index (χ0) is 12.5. The highest BCUT2D eigenvalue weighted by atomic mass is 32.1. The van der Waals surface area contributed by atoms with E-state index in [0.717, 1.165) is 37.4 Å². The van der Waals surface area contributed by atoms with Gasteiger partial charge in [-0.25, -0.2) is 9.97 Å². The van der Waals surface area contributed by atoms with Gasteiger partial charge in [-0.05, 0) is 24.3 Å². The standard InChI is InChI=1S/C13H18N4S/c1-3-4-17(10-5-14-6-10)13-12-11(15-8-16-13)9(2)7-18-12/h7-8,10,14H,3-6H2,1-2H3. The summed E-state index contributed by atoms with van der Waals surface area (Å²) in [5, 5.41) is 5.51. The van der Waals surface area contributed by atoms with Gasteiger partial charge in [0.2, 0.25) is 0 Å². The maximum Gasteiger partial charge on any atom is 0.150 e. The normalized spacial score (nSPS) is 15.9. The summed E-state index contributed by atoms with van der Waals surface area (Å²) < 4.78 is 1.23. The lowest BCUT2D eigenvalue weighted by Gasteiger charge is -2.39. The van der Waals surface area contributed by atoms with Crippen LogP contribution in [0.5, 0.6) is 0 Å². The average Bonchev–Trinajstić information content (AvgIpc) is 2.69. The van der Waals surface area contributed by atoms with Crippen molar-refractivity contribution in [2.45, 2.75) is 26.3 Å². The van der Waals surface area contributed by atoms with Crippen molar-refractivity contribution in [1.29, 1.82) is 0 Å². The van der Waals surface area contributed by atoms with Crippen LogP contribution < -0.4 is 10.2 Å². The van der Waals surface area contributed by atoms with Gasteiger partial charge in [-0.1, -0.05) is 6.92 Å². The van der Waals surface area contributed by atoms with Crippen LogP contribution in [0.1, 0.15) is 18.9 Å². The van der Waals surface area contributed by atoms with Crippen LogP contribution in [0, 0.1) is 6.92 Å². The van der Waals surface area contributed by atoms with Crippen molar-refractivity contribution in [2.24, 2.45) is 0 Å². The molecule has 0 aromatic carbocycles. The number of anilines is 1. The predicted molar refractivity (Wildman–Crippen MR) is 76.4 cm³/mol. The lowest BCUT2D eigenvalue weighted by atomic mass is 10.1. The molecule has 0 amide bonds. The molecule has 0 atom stereocenters. The maximum absolute atomic E-state index is 4.54. The molecular weight excluding hydrogens is 244 g/mol. The number of aromatic nitrogens is 2. The molecule has 0 radical (unpaired) electrons. The molecule has 1 fully saturated rings. The molecule has 1 aliphatic rings. The highest BCUT2D eigenvalue weighted by Crippen LogP contribution is 2.32. The molecule has 2 aromatic heterocycles. The first kappa shape index (κ1) is 11.9. The summed E-state index contributed by atoms with van der Waals surface area (Å²) in [6, 6.07) is 0.588. The van der Waals surface area contributed by atoms with Crippen LogP contribution >= 0.6 is 11.3 Å². The molecule has 0 aliphatic carbocycles. The number of nitrogens with zero attached hydrogens (tertiary/aromatic N) is 3. The molecule has 1 N–H and O–H groups in total. The molecule has 0 spiro atoms. The summed E-state index contributed by atoms with van der Waals surface area (Å²) in [4.78, 5) is 11.4. The number of thiophene rings is 1. The second-order valence-electron chi connectivity index (χ2n) is 4.80. The molecule has 1 aliphatic heterocycles. The zero-order valence-electron chi connectivity index (χ0n) is 10.8. The van der Waals surface area contributed by atoms with Gasteiger partial charge in [0, 0.05) is 19.6 Å². The summed E-state index contributed by atoms with van der Waals surface area (Å²) in [5.74, 6) is 1.12. The largest absolute Gasteiger partial charge is 0.350 e. The van der Waals surface area contributed by atoms with Crippen LogP contribution in [0.4, 0.5) is 5.82 Å². The molecule has 18 heavy (non-hydrogen) atoms. The Bertz CT molecular complexity index is 547. The summed E-state index contributed by atoms with van der Waals surface area (Å²) >= 11 is 1.76. The molecule has 3 heterocycles. The van der Waals surface area contributed by atoms with Crippen molar-refractivity contribution in [3.05, 3.63) is 17.3 Å². The molecule has 96 valence electrons. The van der Waals surface area contributed by atoms with E-state index < -0.39 is 0 Å². The highest BCUT2D eigenvalue weighted by molar-refractivity contribution is 7.18. The van der Waals surface area contributed by atoms with Gasteiger partial charge in [0.25, 0.3) is 0 Å². The second-order valence-corrected chi connectivity index (χ2v) is 5.68. The third-order valence-corrected chi connectivity index (χ3v) is 4.53. The zero-order valence-corrected chi connectivity index (χ0v) is 11.6. The van der Waals surface area contributed by atoms with Gasteiger partial charge in [-0.2, -0.15) is 0 Å². The lowest BCUT2D eigenvalue weighted by molar-refractivity contribution is 0.411. The van der Waals surface area contributed by atoms with Crippen molar-refractivity contribution in [1.82, 2.24) is 15.3 Å². The van der Waals surface area contributed by atoms with Crippen molar-refractivity contribution in [3.8, 4) is 0 Å². The lowest BCUT2D eigenvalue weighted by Crippen LogP contribution is -2.57. The number of aryl methyl sites for hydroxylation is 1. The predicted octanol–water partition coefficient (Wildman–Crippen LogP) is 2.19. The van der Waals surface area contributed by atoms with E-state index in [4.69, 9.17) is 0 Å². The van der Waals surface area contributed by atoms with E-state index in [1.807, 2.05) is 0 Å². The number of rotatable bonds is 4. The minimum Gasteiger partial charge on any atom is -0.350 e. The van der Waals surface area contributed by atoms with Gasteiger partial charge in [0.05, 0.1) is 16.3 Å². The summed E-state index contributed by atoms with van der Waals surface area (Å²) in [6.45, 7) is 7.53. The highest BCUT2D eigenvalue weighted by Gasteiger charge is 2.26. The molecule has 0 saturated carbocycles. The molecule has 4 nitrogen and oxygen atoms in total. The van der Waals surface area contributed by atoms with Crippen LogP contribution in [-0.4, -0.2) is 35.6 Å². The molecule has 3 rings (SSSR count). The fourth-order valence-electron chi connectivity index (χ4n) is 2.36. The van der Waals surface area contributed by atoms with E-state index in [2.05, 4.69) is 39.4 Å². The summed E-state index contributed by atoms with van der Waals surface area (Å²) in [6.07, 6.45) is 2.85. The minimum atomic E-state index is 0.588. The Morgan fingerprint density at radius 3 is 2.94 bits per heavy atom. The number of fused-ring (bicyclic) bond motifs is 1. The molecular formula is C13H18N4S. The van der Waals surface area contributed by atoms with Gasteiger partial charge in [0.1, 0.15) is 12.1 Å². The Hall–Kier alpha value is -1.20. The number of hydrogen-bond donors (Lipinski definition) is 1. The third kappa shape index (κ3) is 1.87. The maximum atomic E-state index is 4.54. The SMILES string of the molecule is CCCN(c1ncnc2c(C)csc12)C1CNC1. The number of hydrogen-bond acceptors (Lipinski definition) is 5. The molecule has 5 heteroatoms. The Morgan fingerprint density at radius 1 is 1.44 bits per heavy atom. The van der Waals surface area contributed by atoms with E-state index in [1.54, 1.807) is 17.7 Å². The Kier molecular flexibility index (Phi) is 3.18. The molecule has 1 saturated heterocycles. The second kappa shape index (κ2) is 4.82. The first-order chi connectivity index (χ1) is 8.81. The molecule has 2 aromatic rings. The van der Waals surface area contributed by atoms with Crippen LogP contribution in [0.2, 0.25) is 0 Å². The van der Waals surface area contributed by atoms with Crippen LogP contribution in [0.15, 0.2) is 11.7 Å². The van der Waals surface area contributed by atoms with Crippen LogP contribution in [0.3, 0.4) is 0 Å². The Morgan fingerprint density at radius 2 is 2.28 bits per heavy atom. The van der Waals surface area contributed by atoms with E-state index >= 15 is 0 Å². The van der Waals surface area contributed by atoms with E-state index in [9.17, 15) is 0 Å². The van der Waals surface area contributed by atoms with Gasteiger partial charge in [-0.15, -0.1) is 11.3 Å². The Balaban J connectivity index is 2.04. The Labute approximate surface area is 111 Å². The monoisotopic (exact) mass is 262 g/mol. The van der Waals surface area contributed by atoms with Gasteiger partial charge < -0.3 is 10.2 Å². The van der Waals surface area contributed by atoms with Gasteiger partial charge >= 0.3 is 0 Å². The summed E-state index contributed by atoms with van der Waals surface area (Å²) in [5.41, 5.74) is 2.36. The van der Waals surface area contributed by atoms with Crippen molar-refractivity contribution in [2.75, 3.05) is 24.5 Å². The minimum absolute atomic E-state index is 0.588. The number of nitrogens with one attached hydrogen (secondary N) is 1. The van der Waals surface area contributed by atoms with Crippen molar-refractivity contribution in [3.63, 3.8) is 0 Å². The first-order valence-electron chi connectivity index (χ1n) is 6.47. The quantitative estimate of drug-likeness (QED) is 0.917. The van der Waals surface area contributed by atoms with Crippen LogP contribution in [0.25, 0.3) is 10.2 Å². The van der Waals surface area contributed by atoms with Crippen molar-refractivity contribution < 1.29 is 0 Å². The smallest absolute Gasteiger partial charge is 0.150 e. The van der Waals surface area contributed by atoms with Gasteiger partial charge in [-0.3, -0.25) is 0 Å². The summed E-state index contributed by atoms with van der Waals surface area (Å²) in [7, 11) is 0. The van der Waals surface area contributed by atoms with E-state index in [-0.39, 0.29) is 0 Å². The van der Waals surface area contributed by atoms with Gasteiger partial charge in [0.15, 0.2) is 0 Å². The average molecular weight is 262 g/mol. The molecule has 0 unspecified atom stereocenters. The topological polar surface area (TPSA) is 41.1 Å². The molecule has 0 bridgehead atoms. The fourth-order valence-corrected chi connectivity index (χ4v) is 3.36. The van der Waals surface area contributed by atoms with Crippen molar-refractivity contribution >= 4 is 27.4 Å². The van der Waals surface area contributed by atoms with E-state index in [0.29, 0.717) is 6.04 Å². The first-order valence-corrected chi connectivity index (χ1v) is 7.35. The fraction of sp³-hybridized carbons (Fsp3) is 0.538. The van der Waals surface area contributed by atoms with Crippen LogP contribution in [-0.2, 0) is 0 Å².